The minimum atomic E-state index is -0.0760. The summed E-state index contributed by atoms with van der Waals surface area (Å²) in [6.45, 7) is 4.83. The Bertz CT molecular complexity index is 845. The zero-order chi connectivity index (χ0) is 20.2. The highest BCUT2D eigenvalue weighted by atomic mass is 32.2. The molecule has 0 aliphatic carbocycles. The average molecular weight is 410 g/mol. The number of nitrogens with zero attached hydrogens (tertiary/aromatic N) is 1. The first-order valence-corrected chi connectivity index (χ1v) is 11.1. The molecule has 0 spiro atoms. The molecule has 6 heteroatoms. The highest BCUT2D eigenvalue weighted by Crippen LogP contribution is 2.29. The van der Waals surface area contributed by atoms with Gasteiger partial charge in [-0.1, -0.05) is 11.8 Å². The van der Waals surface area contributed by atoms with Crippen molar-refractivity contribution in [3.05, 3.63) is 54.1 Å². The van der Waals surface area contributed by atoms with Gasteiger partial charge in [-0.05, 0) is 86.8 Å². The monoisotopic (exact) mass is 409 g/mol. The number of nitrogens with one attached hydrogen (secondary N) is 2. The lowest BCUT2D eigenvalue weighted by Crippen LogP contribution is -2.41. The molecular weight excluding hydrogens is 382 g/mol. The number of amides is 2. The molecule has 3 fully saturated rings. The first-order chi connectivity index (χ1) is 14.0. The summed E-state index contributed by atoms with van der Waals surface area (Å²) in [6.07, 6.45) is 3.64. The Morgan fingerprint density at radius 3 is 2.21 bits per heavy atom. The normalized spacial score (nSPS) is 23.3. The Morgan fingerprint density at radius 1 is 0.966 bits per heavy atom. The van der Waals surface area contributed by atoms with Gasteiger partial charge < -0.3 is 15.5 Å². The Kier molecular flexibility index (Phi) is 6.21. The van der Waals surface area contributed by atoms with Crippen LogP contribution >= 0.6 is 11.8 Å². The van der Waals surface area contributed by atoms with Crippen LogP contribution in [0.4, 0.5) is 5.69 Å². The zero-order valence-electron chi connectivity index (χ0n) is 16.7. The van der Waals surface area contributed by atoms with Gasteiger partial charge in [0.05, 0.1) is 0 Å². The van der Waals surface area contributed by atoms with Crippen LogP contribution in [-0.4, -0.2) is 42.4 Å². The van der Waals surface area contributed by atoms with E-state index in [9.17, 15) is 9.59 Å². The second-order valence-electron chi connectivity index (χ2n) is 7.98. The third-order valence-electron chi connectivity index (χ3n) is 5.67. The lowest BCUT2D eigenvalue weighted by Gasteiger charge is -2.26. The van der Waals surface area contributed by atoms with Crippen molar-refractivity contribution in [2.75, 3.05) is 25.0 Å². The fraction of sp³-hybridized carbons (Fsp3) is 0.391. The van der Waals surface area contributed by atoms with Crippen molar-refractivity contribution in [1.29, 1.82) is 0 Å². The summed E-state index contributed by atoms with van der Waals surface area (Å²) in [4.78, 5) is 28.4. The number of carbonyl (C=O) groups excluding carboxylic acids is 2. The first kappa shape index (κ1) is 20.0. The summed E-state index contributed by atoms with van der Waals surface area (Å²) >= 11 is 1.63. The van der Waals surface area contributed by atoms with Gasteiger partial charge in [0.25, 0.3) is 5.91 Å². The number of rotatable bonds is 5. The van der Waals surface area contributed by atoms with Gasteiger partial charge in [0.1, 0.15) is 0 Å². The van der Waals surface area contributed by atoms with Crippen LogP contribution in [0.25, 0.3) is 0 Å². The van der Waals surface area contributed by atoms with E-state index in [1.165, 1.54) is 32.9 Å². The van der Waals surface area contributed by atoms with Gasteiger partial charge in [-0.2, -0.15) is 0 Å². The molecule has 2 N–H and O–H groups in total. The smallest absolute Gasteiger partial charge is 0.251 e. The van der Waals surface area contributed by atoms with Crippen molar-refractivity contribution < 1.29 is 9.59 Å². The first-order valence-electron chi connectivity index (χ1n) is 10.2. The fourth-order valence-electron chi connectivity index (χ4n) is 4.19. The number of hydrogen-bond donors (Lipinski definition) is 2. The molecule has 2 amide bonds. The second-order valence-corrected chi connectivity index (χ2v) is 9.13. The van der Waals surface area contributed by atoms with Crippen molar-refractivity contribution in [3.63, 3.8) is 0 Å². The van der Waals surface area contributed by atoms with Crippen LogP contribution < -0.4 is 10.6 Å². The molecule has 2 aromatic carbocycles. The topological polar surface area (TPSA) is 61.4 Å². The van der Waals surface area contributed by atoms with Gasteiger partial charge >= 0.3 is 0 Å². The number of carbonyl (C=O) groups is 2. The largest absolute Gasteiger partial charge is 0.348 e. The molecular formula is C23H27N3O2S. The molecule has 5 nitrogen and oxygen atoms in total. The van der Waals surface area contributed by atoms with Crippen molar-refractivity contribution in [2.24, 2.45) is 5.92 Å². The molecule has 3 aliphatic heterocycles. The molecule has 2 bridgehead atoms. The minimum Gasteiger partial charge on any atom is -0.348 e. The SMILES string of the molecule is CC(=O)Nc1ccc(Sc2ccc(C(=O)NC3CC4CCN(CC4)C3)cc2)cc1. The summed E-state index contributed by atoms with van der Waals surface area (Å²) in [5, 5.41) is 6.01. The molecule has 152 valence electrons. The fourth-order valence-corrected chi connectivity index (χ4v) is 5.00. The summed E-state index contributed by atoms with van der Waals surface area (Å²) in [6, 6.07) is 15.8. The highest BCUT2D eigenvalue weighted by molar-refractivity contribution is 7.99. The second kappa shape index (κ2) is 9.01. The Labute approximate surface area is 176 Å². The van der Waals surface area contributed by atoms with Gasteiger partial charge in [-0.3, -0.25) is 9.59 Å². The molecule has 3 saturated heterocycles. The number of anilines is 1. The number of hydrogen-bond acceptors (Lipinski definition) is 4. The van der Waals surface area contributed by atoms with Crippen LogP contribution in [0.5, 0.6) is 0 Å². The molecule has 0 aromatic heterocycles. The molecule has 0 radical (unpaired) electrons. The highest BCUT2D eigenvalue weighted by Gasteiger charge is 2.29. The Morgan fingerprint density at radius 2 is 1.59 bits per heavy atom. The summed E-state index contributed by atoms with van der Waals surface area (Å²) < 4.78 is 0. The van der Waals surface area contributed by atoms with Crippen LogP contribution in [0.1, 0.15) is 36.5 Å². The van der Waals surface area contributed by atoms with Crippen molar-refractivity contribution in [3.8, 4) is 0 Å². The number of fused-ring (bicyclic) bond motifs is 4. The van der Waals surface area contributed by atoms with E-state index in [-0.39, 0.29) is 17.9 Å². The number of piperidine rings is 1. The third-order valence-corrected chi connectivity index (χ3v) is 6.68. The van der Waals surface area contributed by atoms with Gasteiger partial charge in [0.15, 0.2) is 0 Å². The van der Waals surface area contributed by atoms with Crippen LogP contribution in [0.15, 0.2) is 58.3 Å². The molecule has 3 heterocycles. The predicted octanol–water partition coefficient (Wildman–Crippen LogP) is 4.01. The Hall–Kier alpha value is -2.31. The van der Waals surface area contributed by atoms with E-state index in [0.717, 1.165) is 34.4 Å². The standard InChI is InChI=1S/C23H27N3O2S/c1-16(27)24-19-4-8-22(9-5-19)29-21-6-2-18(3-7-21)23(28)25-20-14-17-10-12-26(15-20)13-11-17/h2-9,17,20H,10-15H2,1H3,(H,24,27)(H,25,28). The summed E-state index contributed by atoms with van der Waals surface area (Å²) in [5.74, 6) is 0.705. The third kappa shape index (κ3) is 5.40. The van der Waals surface area contributed by atoms with E-state index >= 15 is 0 Å². The molecule has 29 heavy (non-hydrogen) atoms. The predicted molar refractivity (Wildman–Crippen MR) is 116 cm³/mol. The average Bonchev–Trinajstić information content (AvgIpc) is 3.02. The van der Waals surface area contributed by atoms with Crippen LogP contribution in [-0.2, 0) is 4.79 Å². The number of benzene rings is 2. The molecule has 1 atom stereocenters. The molecule has 2 aromatic rings. The van der Waals surface area contributed by atoms with E-state index in [1.54, 1.807) is 11.8 Å². The zero-order valence-corrected chi connectivity index (χ0v) is 17.5. The van der Waals surface area contributed by atoms with Crippen LogP contribution in [0.2, 0.25) is 0 Å². The molecule has 3 aliphatic rings. The van der Waals surface area contributed by atoms with E-state index in [2.05, 4.69) is 15.5 Å². The maximum atomic E-state index is 12.7. The van der Waals surface area contributed by atoms with Crippen molar-refractivity contribution in [2.45, 2.75) is 42.0 Å². The summed E-state index contributed by atoms with van der Waals surface area (Å²) in [5.41, 5.74) is 1.50. The lowest BCUT2D eigenvalue weighted by atomic mass is 9.94. The Balaban J connectivity index is 1.33. The van der Waals surface area contributed by atoms with Gasteiger partial charge in [0, 0.05) is 40.6 Å². The molecule has 1 unspecified atom stereocenters. The molecule has 0 saturated carbocycles. The minimum absolute atomic E-state index is 0.0220. The maximum absolute atomic E-state index is 12.7. The van der Waals surface area contributed by atoms with E-state index in [1.807, 2.05) is 48.5 Å². The lowest BCUT2D eigenvalue weighted by molar-refractivity contribution is -0.114. The van der Waals surface area contributed by atoms with E-state index < -0.39 is 0 Å². The summed E-state index contributed by atoms with van der Waals surface area (Å²) in [7, 11) is 0. The van der Waals surface area contributed by atoms with E-state index in [4.69, 9.17) is 0 Å². The quantitative estimate of drug-likeness (QED) is 0.783. The van der Waals surface area contributed by atoms with Crippen LogP contribution in [0, 0.1) is 5.92 Å². The van der Waals surface area contributed by atoms with Gasteiger partial charge in [0.2, 0.25) is 5.91 Å². The van der Waals surface area contributed by atoms with Crippen molar-refractivity contribution in [1.82, 2.24) is 10.2 Å². The van der Waals surface area contributed by atoms with Crippen molar-refractivity contribution >= 4 is 29.3 Å². The van der Waals surface area contributed by atoms with Crippen LogP contribution in [0.3, 0.4) is 0 Å². The maximum Gasteiger partial charge on any atom is 0.251 e. The molecule has 5 rings (SSSR count). The van der Waals surface area contributed by atoms with E-state index in [0.29, 0.717) is 5.56 Å². The van der Waals surface area contributed by atoms with Gasteiger partial charge in [-0.15, -0.1) is 0 Å². The van der Waals surface area contributed by atoms with Gasteiger partial charge in [-0.25, -0.2) is 0 Å².